The minimum atomic E-state index is -0.426. The van der Waals surface area contributed by atoms with Crippen molar-refractivity contribution in [1.29, 1.82) is 0 Å². The first kappa shape index (κ1) is 14.8. The van der Waals surface area contributed by atoms with Gasteiger partial charge in [-0.25, -0.2) is 4.98 Å². The van der Waals surface area contributed by atoms with Gasteiger partial charge < -0.3 is 4.74 Å². The molecule has 0 saturated heterocycles. The monoisotopic (exact) mass is 288 g/mol. The van der Waals surface area contributed by atoms with Crippen molar-refractivity contribution in [2.24, 2.45) is 0 Å². The van der Waals surface area contributed by atoms with Gasteiger partial charge in [0.2, 0.25) is 0 Å². The first-order chi connectivity index (χ1) is 10.1. The summed E-state index contributed by atoms with van der Waals surface area (Å²) < 4.78 is 5.69. The van der Waals surface area contributed by atoms with Gasteiger partial charge in [0, 0.05) is 6.07 Å². The van der Waals surface area contributed by atoms with E-state index in [1.54, 1.807) is 12.3 Å². The quantitative estimate of drug-likeness (QED) is 0.503. The second-order valence-corrected chi connectivity index (χ2v) is 4.73. The lowest BCUT2D eigenvalue weighted by Crippen LogP contribution is -2.19. The number of hydrogen-bond acceptors (Lipinski definition) is 4. The van der Waals surface area contributed by atoms with Crippen molar-refractivity contribution < 1.29 is 14.6 Å². The molecule has 0 aliphatic rings. The zero-order valence-corrected chi connectivity index (χ0v) is 12.1. The molecule has 2 N–H and O–H groups in total. The number of nitrogens with zero attached hydrogens (tertiary/aromatic N) is 1. The summed E-state index contributed by atoms with van der Waals surface area (Å²) in [6.07, 6.45) is 1.64. The van der Waals surface area contributed by atoms with Crippen molar-refractivity contribution >= 4 is 11.5 Å². The summed E-state index contributed by atoms with van der Waals surface area (Å²) in [6, 6.07) is 9.06. The lowest BCUT2D eigenvalue weighted by Gasteiger charge is -2.08. The summed E-state index contributed by atoms with van der Waals surface area (Å²) in [7, 11) is 0. The van der Waals surface area contributed by atoms with Crippen molar-refractivity contribution in [3.8, 4) is 5.75 Å². The minimum Gasteiger partial charge on any atom is -0.489 e. The Morgan fingerprint density at radius 2 is 2.14 bits per heavy atom. The lowest BCUT2D eigenvalue weighted by molar-refractivity contribution is -0.409. The highest BCUT2D eigenvalue weighted by Crippen LogP contribution is 2.19. The Morgan fingerprint density at radius 3 is 2.90 bits per heavy atom. The molecule has 2 rings (SSSR count). The Labute approximate surface area is 122 Å². The zero-order chi connectivity index (χ0) is 15.2. The van der Waals surface area contributed by atoms with Crippen LogP contribution in [-0.4, -0.2) is 18.1 Å². The fourth-order valence-corrected chi connectivity index (χ4v) is 1.92. The number of rotatable bonds is 6. The van der Waals surface area contributed by atoms with E-state index in [-0.39, 0.29) is 5.69 Å². The fraction of sp³-hybridized carbons (Fsp3) is 0.267. The predicted molar refractivity (Wildman–Crippen MR) is 79.6 cm³/mol. The Hall–Kier alpha value is -2.63. The van der Waals surface area contributed by atoms with Gasteiger partial charge in [-0.3, -0.25) is 15.4 Å². The number of nitrogens with one attached hydrogen (secondary N) is 2. The average Bonchev–Trinajstić information content (AvgIpc) is 2.47. The number of H-pyrrole nitrogens is 1. The highest BCUT2D eigenvalue weighted by atomic mass is 16.6. The number of ether oxygens (including phenoxy) is 1. The molecule has 0 fully saturated rings. The van der Waals surface area contributed by atoms with Gasteiger partial charge in [-0.05, 0) is 37.1 Å². The summed E-state index contributed by atoms with van der Waals surface area (Å²) in [6.45, 7) is 4.88. The normalized spacial score (nSPS) is 10.2. The van der Waals surface area contributed by atoms with Crippen LogP contribution >= 0.6 is 0 Å². The SMILES string of the molecule is Cc1ccc(C)c(OCCNc2[nH+]cccc2[N+](=O)[O-])c1. The summed E-state index contributed by atoms with van der Waals surface area (Å²) >= 11 is 0. The Morgan fingerprint density at radius 1 is 1.33 bits per heavy atom. The number of hydrogen-bond donors (Lipinski definition) is 1. The number of anilines is 1. The molecule has 1 aromatic heterocycles. The van der Waals surface area contributed by atoms with Crippen LogP contribution in [0.5, 0.6) is 5.75 Å². The van der Waals surface area contributed by atoms with E-state index in [0.29, 0.717) is 19.0 Å². The molecular formula is C15H18N3O3+. The fourth-order valence-electron chi connectivity index (χ4n) is 1.92. The van der Waals surface area contributed by atoms with Gasteiger partial charge in [-0.1, -0.05) is 12.1 Å². The average molecular weight is 288 g/mol. The highest BCUT2D eigenvalue weighted by molar-refractivity contribution is 5.50. The highest BCUT2D eigenvalue weighted by Gasteiger charge is 2.18. The topological polar surface area (TPSA) is 78.5 Å². The maximum atomic E-state index is 10.9. The van der Waals surface area contributed by atoms with E-state index < -0.39 is 4.92 Å². The van der Waals surface area contributed by atoms with Crippen LogP contribution in [0.2, 0.25) is 0 Å². The van der Waals surface area contributed by atoms with Gasteiger partial charge in [0.1, 0.15) is 18.9 Å². The Balaban J connectivity index is 1.91. The molecule has 0 spiro atoms. The number of aryl methyl sites for hydroxylation is 2. The van der Waals surface area contributed by atoms with E-state index in [9.17, 15) is 10.1 Å². The molecule has 0 aliphatic carbocycles. The second-order valence-electron chi connectivity index (χ2n) is 4.73. The molecule has 6 heteroatoms. The first-order valence-electron chi connectivity index (χ1n) is 6.67. The Kier molecular flexibility index (Phi) is 4.71. The third kappa shape index (κ3) is 3.92. The number of aromatic nitrogens is 1. The van der Waals surface area contributed by atoms with Crippen molar-refractivity contribution in [3.63, 3.8) is 0 Å². The molecule has 0 atom stereocenters. The molecule has 0 bridgehead atoms. The van der Waals surface area contributed by atoms with Gasteiger partial charge in [-0.15, -0.1) is 0 Å². The second kappa shape index (κ2) is 6.69. The van der Waals surface area contributed by atoms with E-state index >= 15 is 0 Å². The van der Waals surface area contributed by atoms with Gasteiger partial charge in [0.05, 0.1) is 11.1 Å². The van der Waals surface area contributed by atoms with Crippen LogP contribution in [0.4, 0.5) is 11.5 Å². The largest absolute Gasteiger partial charge is 0.489 e. The van der Waals surface area contributed by atoms with Crippen LogP contribution in [0.3, 0.4) is 0 Å². The standard InChI is InChI=1S/C15H17N3O3/c1-11-5-6-12(2)14(10-11)21-9-8-17-15-13(18(19)20)4-3-7-16-15/h3-7,10H,8-9H2,1-2H3,(H,16,17)/p+1. The van der Waals surface area contributed by atoms with Crippen LogP contribution < -0.4 is 15.0 Å². The van der Waals surface area contributed by atoms with Crippen LogP contribution in [0.25, 0.3) is 0 Å². The van der Waals surface area contributed by atoms with Crippen molar-refractivity contribution in [2.45, 2.75) is 13.8 Å². The molecular weight excluding hydrogens is 270 g/mol. The van der Waals surface area contributed by atoms with E-state index in [1.807, 2.05) is 32.0 Å². The van der Waals surface area contributed by atoms with E-state index in [1.165, 1.54) is 6.07 Å². The van der Waals surface area contributed by atoms with Crippen molar-refractivity contribution in [2.75, 3.05) is 18.5 Å². The molecule has 6 nitrogen and oxygen atoms in total. The number of aromatic amines is 1. The van der Waals surface area contributed by atoms with Crippen LogP contribution in [-0.2, 0) is 0 Å². The number of nitro groups is 1. The molecule has 0 radical (unpaired) electrons. The third-order valence-corrected chi connectivity index (χ3v) is 3.04. The van der Waals surface area contributed by atoms with Gasteiger partial charge in [0.25, 0.3) is 0 Å². The third-order valence-electron chi connectivity index (χ3n) is 3.04. The molecule has 0 unspecified atom stereocenters. The zero-order valence-electron chi connectivity index (χ0n) is 12.1. The maximum Gasteiger partial charge on any atom is 0.357 e. The van der Waals surface area contributed by atoms with Crippen LogP contribution in [0.15, 0.2) is 36.5 Å². The van der Waals surface area contributed by atoms with Crippen LogP contribution in [0.1, 0.15) is 11.1 Å². The molecule has 0 amide bonds. The van der Waals surface area contributed by atoms with E-state index in [2.05, 4.69) is 10.3 Å². The Bertz CT molecular complexity index is 644. The first-order valence-corrected chi connectivity index (χ1v) is 6.67. The lowest BCUT2D eigenvalue weighted by atomic mass is 10.1. The minimum absolute atomic E-state index is 0.0178. The summed E-state index contributed by atoms with van der Waals surface area (Å²) in [5.41, 5.74) is 2.22. The van der Waals surface area contributed by atoms with E-state index in [4.69, 9.17) is 4.74 Å². The summed E-state index contributed by atoms with van der Waals surface area (Å²) in [4.78, 5) is 13.3. The molecule has 2 aromatic rings. The summed E-state index contributed by atoms with van der Waals surface area (Å²) in [5, 5.41) is 13.8. The predicted octanol–water partition coefficient (Wildman–Crippen LogP) is 2.52. The molecule has 1 aromatic carbocycles. The number of pyridine rings is 1. The maximum absolute atomic E-state index is 10.9. The smallest absolute Gasteiger partial charge is 0.357 e. The molecule has 0 aliphatic heterocycles. The van der Waals surface area contributed by atoms with E-state index in [0.717, 1.165) is 16.9 Å². The van der Waals surface area contributed by atoms with Crippen LogP contribution in [0, 0.1) is 24.0 Å². The number of benzene rings is 1. The molecule has 0 saturated carbocycles. The summed E-state index contributed by atoms with van der Waals surface area (Å²) in [5.74, 6) is 1.22. The van der Waals surface area contributed by atoms with Gasteiger partial charge in [-0.2, -0.15) is 0 Å². The van der Waals surface area contributed by atoms with Gasteiger partial charge in [0.15, 0.2) is 0 Å². The van der Waals surface area contributed by atoms with Gasteiger partial charge >= 0.3 is 11.5 Å². The van der Waals surface area contributed by atoms with Crippen molar-refractivity contribution in [1.82, 2.24) is 0 Å². The molecule has 1 heterocycles. The molecule has 21 heavy (non-hydrogen) atoms. The molecule has 110 valence electrons. The van der Waals surface area contributed by atoms with Crippen molar-refractivity contribution in [3.05, 3.63) is 57.8 Å².